The molecule has 3 rings (SSSR count). The van der Waals surface area contributed by atoms with Gasteiger partial charge in [-0.3, -0.25) is 9.78 Å². The van der Waals surface area contributed by atoms with E-state index >= 15 is 0 Å². The third kappa shape index (κ3) is 3.65. The van der Waals surface area contributed by atoms with Crippen molar-refractivity contribution in [3.05, 3.63) is 52.8 Å². The normalized spacial score (nSPS) is 14.8. The van der Waals surface area contributed by atoms with Crippen LogP contribution in [0.15, 0.2) is 47.1 Å². The molecule has 114 valence electrons. The highest BCUT2D eigenvalue weighted by Crippen LogP contribution is 2.24. The van der Waals surface area contributed by atoms with E-state index in [4.69, 9.17) is 0 Å². The van der Waals surface area contributed by atoms with Gasteiger partial charge in [-0.15, -0.1) is 0 Å². The molecule has 0 atom stereocenters. The second kappa shape index (κ2) is 6.92. The summed E-state index contributed by atoms with van der Waals surface area (Å²) >= 11 is 3.42. The van der Waals surface area contributed by atoms with Crippen LogP contribution >= 0.6 is 15.9 Å². The van der Waals surface area contributed by atoms with Crippen LogP contribution in [-0.4, -0.2) is 16.9 Å². The molecule has 1 aromatic heterocycles. The molecule has 1 amide bonds. The summed E-state index contributed by atoms with van der Waals surface area (Å²) in [5, 5.41) is 6.35. The highest BCUT2D eigenvalue weighted by Gasteiger charge is 2.15. The fraction of sp³-hybridized carbons (Fsp3) is 0.294. The molecule has 4 nitrogen and oxygen atoms in total. The van der Waals surface area contributed by atoms with E-state index < -0.39 is 0 Å². The van der Waals surface area contributed by atoms with Gasteiger partial charge < -0.3 is 10.6 Å². The summed E-state index contributed by atoms with van der Waals surface area (Å²) < 4.78 is 0.851. The van der Waals surface area contributed by atoms with Crippen LogP contribution < -0.4 is 10.6 Å². The number of pyridine rings is 1. The first-order valence-corrected chi connectivity index (χ1v) is 8.30. The number of halogens is 1. The summed E-state index contributed by atoms with van der Waals surface area (Å²) in [5.74, 6) is -0.207. The van der Waals surface area contributed by atoms with E-state index in [0.29, 0.717) is 11.7 Å². The molecular weight excluding hydrogens is 342 g/mol. The number of anilines is 2. The topological polar surface area (TPSA) is 54.0 Å². The standard InChI is InChI=1S/C17H18BrN3O/c18-14-7-3-4-8-15(14)21-17(22)16-11-13(9-10-19-16)20-12-5-1-2-6-12/h3-4,7-12H,1-2,5-6H2,(H,19,20)(H,21,22). The molecule has 1 fully saturated rings. The van der Waals surface area contributed by atoms with Crippen molar-refractivity contribution in [1.82, 2.24) is 4.98 Å². The maximum absolute atomic E-state index is 12.3. The smallest absolute Gasteiger partial charge is 0.274 e. The summed E-state index contributed by atoms with van der Waals surface area (Å²) in [4.78, 5) is 16.5. The average Bonchev–Trinajstić information content (AvgIpc) is 3.03. The van der Waals surface area contributed by atoms with Gasteiger partial charge in [0.1, 0.15) is 5.69 Å². The minimum atomic E-state index is -0.207. The van der Waals surface area contributed by atoms with Crippen molar-refractivity contribution in [3.63, 3.8) is 0 Å². The molecule has 0 aliphatic heterocycles. The van der Waals surface area contributed by atoms with Crippen molar-refractivity contribution in [3.8, 4) is 0 Å². The van der Waals surface area contributed by atoms with E-state index in [9.17, 15) is 4.79 Å². The minimum absolute atomic E-state index is 0.207. The van der Waals surface area contributed by atoms with E-state index in [2.05, 4.69) is 31.5 Å². The van der Waals surface area contributed by atoms with Crippen molar-refractivity contribution in [1.29, 1.82) is 0 Å². The van der Waals surface area contributed by atoms with Gasteiger partial charge in [0.25, 0.3) is 5.91 Å². The van der Waals surface area contributed by atoms with Crippen LogP contribution in [0.25, 0.3) is 0 Å². The van der Waals surface area contributed by atoms with Crippen LogP contribution in [-0.2, 0) is 0 Å². The molecule has 1 aromatic carbocycles. The van der Waals surface area contributed by atoms with Crippen LogP contribution in [0.2, 0.25) is 0 Å². The molecule has 0 saturated heterocycles. The molecule has 1 aliphatic carbocycles. The number of aromatic nitrogens is 1. The van der Waals surface area contributed by atoms with E-state index in [1.807, 2.05) is 36.4 Å². The second-order valence-electron chi connectivity index (χ2n) is 5.49. The zero-order valence-electron chi connectivity index (χ0n) is 12.2. The van der Waals surface area contributed by atoms with E-state index in [-0.39, 0.29) is 5.91 Å². The Morgan fingerprint density at radius 1 is 1.18 bits per heavy atom. The maximum Gasteiger partial charge on any atom is 0.274 e. The van der Waals surface area contributed by atoms with Crippen LogP contribution in [0.3, 0.4) is 0 Å². The van der Waals surface area contributed by atoms with Crippen LogP contribution in [0, 0.1) is 0 Å². The van der Waals surface area contributed by atoms with Crippen molar-refractivity contribution in [2.45, 2.75) is 31.7 Å². The Morgan fingerprint density at radius 3 is 2.73 bits per heavy atom. The quantitative estimate of drug-likeness (QED) is 0.847. The van der Waals surface area contributed by atoms with Crippen molar-refractivity contribution in [2.75, 3.05) is 10.6 Å². The second-order valence-corrected chi connectivity index (χ2v) is 6.34. The van der Waals surface area contributed by atoms with Gasteiger partial charge >= 0.3 is 0 Å². The lowest BCUT2D eigenvalue weighted by Gasteiger charge is -2.14. The first kappa shape index (κ1) is 15.0. The minimum Gasteiger partial charge on any atom is -0.382 e. The Balaban J connectivity index is 1.71. The molecule has 22 heavy (non-hydrogen) atoms. The Kier molecular flexibility index (Phi) is 4.73. The van der Waals surface area contributed by atoms with Crippen LogP contribution in [0.4, 0.5) is 11.4 Å². The van der Waals surface area contributed by atoms with E-state index in [1.165, 1.54) is 25.7 Å². The highest BCUT2D eigenvalue weighted by atomic mass is 79.9. The molecule has 0 bridgehead atoms. The third-order valence-electron chi connectivity index (χ3n) is 3.84. The molecule has 2 N–H and O–H groups in total. The first-order chi connectivity index (χ1) is 10.7. The molecule has 0 radical (unpaired) electrons. The Bertz CT molecular complexity index is 668. The number of nitrogens with zero attached hydrogens (tertiary/aromatic N) is 1. The summed E-state index contributed by atoms with van der Waals surface area (Å²) in [7, 11) is 0. The predicted molar refractivity (Wildman–Crippen MR) is 92.2 cm³/mol. The average molecular weight is 360 g/mol. The molecule has 0 unspecified atom stereocenters. The molecular formula is C17H18BrN3O. The maximum atomic E-state index is 12.3. The molecule has 1 aliphatic rings. The SMILES string of the molecule is O=C(Nc1ccccc1Br)c1cc(NC2CCCC2)ccn1. The number of rotatable bonds is 4. The third-order valence-corrected chi connectivity index (χ3v) is 4.53. The first-order valence-electron chi connectivity index (χ1n) is 7.51. The summed E-state index contributed by atoms with van der Waals surface area (Å²) in [6.07, 6.45) is 6.62. The molecule has 1 heterocycles. The van der Waals surface area contributed by atoms with Crippen molar-refractivity contribution in [2.24, 2.45) is 0 Å². The Labute approximate surface area is 138 Å². The summed E-state index contributed by atoms with van der Waals surface area (Å²) in [6, 6.07) is 11.8. The van der Waals surface area contributed by atoms with Crippen molar-refractivity contribution >= 4 is 33.2 Å². The van der Waals surface area contributed by atoms with Crippen LogP contribution in [0.5, 0.6) is 0 Å². The van der Waals surface area contributed by atoms with Gasteiger partial charge in [-0.05, 0) is 53.0 Å². The number of para-hydroxylation sites is 1. The number of carbonyl (C=O) groups excluding carboxylic acids is 1. The molecule has 2 aromatic rings. The Hall–Kier alpha value is -1.88. The van der Waals surface area contributed by atoms with Crippen molar-refractivity contribution < 1.29 is 4.79 Å². The van der Waals surface area contributed by atoms with Gasteiger partial charge in [0.05, 0.1) is 5.69 Å². The van der Waals surface area contributed by atoms with Gasteiger partial charge in [0.2, 0.25) is 0 Å². The van der Waals surface area contributed by atoms with E-state index in [0.717, 1.165) is 15.8 Å². The lowest BCUT2D eigenvalue weighted by Crippen LogP contribution is -2.17. The van der Waals surface area contributed by atoms with Gasteiger partial charge in [-0.25, -0.2) is 0 Å². The summed E-state index contributed by atoms with van der Waals surface area (Å²) in [6.45, 7) is 0. The Morgan fingerprint density at radius 2 is 1.95 bits per heavy atom. The number of benzene rings is 1. The summed E-state index contributed by atoms with van der Waals surface area (Å²) in [5.41, 5.74) is 2.11. The van der Waals surface area contributed by atoms with Gasteiger partial charge in [0.15, 0.2) is 0 Å². The van der Waals surface area contributed by atoms with E-state index in [1.54, 1.807) is 6.20 Å². The number of amides is 1. The highest BCUT2D eigenvalue weighted by molar-refractivity contribution is 9.10. The fourth-order valence-corrected chi connectivity index (χ4v) is 3.08. The number of hydrogen-bond acceptors (Lipinski definition) is 3. The number of nitrogens with one attached hydrogen (secondary N) is 2. The molecule has 0 spiro atoms. The largest absolute Gasteiger partial charge is 0.382 e. The predicted octanol–water partition coefficient (Wildman–Crippen LogP) is 4.45. The monoisotopic (exact) mass is 359 g/mol. The lowest BCUT2D eigenvalue weighted by atomic mass is 10.2. The zero-order chi connectivity index (χ0) is 15.4. The van der Waals surface area contributed by atoms with Gasteiger partial charge in [-0.1, -0.05) is 25.0 Å². The van der Waals surface area contributed by atoms with Gasteiger partial charge in [0, 0.05) is 22.4 Å². The molecule has 5 heteroatoms. The zero-order valence-corrected chi connectivity index (χ0v) is 13.8. The number of hydrogen-bond donors (Lipinski definition) is 2. The molecule has 1 saturated carbocycles. The number of carbonyl (C=O) groups is 1. The van der Waals surface area contributed by atoms with Crippen LogP contribution in [0.1, 0.15) is 36.2 Å². The van der Waals surface area contributed by atoms with Gasteiger partial charge in [-0.2, -0.15) is 0 Å². The lowest BCUT2D eigenvalue weighted by molar-refractivity contribution is 0.102. The fourth-order valence-electron chi connectivity index (χ4n) is 2.70.